The summed E-state index contributed by atoms with van der Waals surface area (Å²) in [5, 5.41) is 0.753. The Balaban J connectivity index is 2.23. The van der Waals surface area contributed by atoms with Gasteiger partial charge < -0.3 is 4.98 Å². The zero-order valence-electron chi connectivity index (χ0n) is 7.44. The van der Waals surface area contributed by atoms with Crippen molar-refractivity contribution in [3.63, 3.8) is 0 Å². The Morgan fingerprint density at radius 3 is 2.79 bits per heavy atom. The van der Waals surface area contributed by atoms with E-state index in [9.17, 15) is 0 Å². The van der Waals surface area contributed by atoms with Gasteiger partial charge in [0.1, 0.15) is 0 Å². The van der Waals surface area contributed by atoms with Crippen LogP contribution in [0.25, 0.3) is 12.2 Å². The van der Waals surface area contributed by atoms with E-state index in [1.807, 2.05) is 36.4 Å². The number of imidazole rings is 1. The minimum absolute atomic E-state index is 0.753. The van der Waals surface area contributed by atoms with Gasteiger partial charge in [-0.1, -0.05) is 35.9 Å². The molecule has 1 N–H and O–H groups in total. The minimum atomic E-state index is 0.753. The molecule has 0 aliphatic carbocycles. The fourth-order valence-corrected chi connectivity index (χ4v) is 1.35. The van der Waals surface area contributed by atoms with Crippen molar-refractivity contribution in [2.24, 2.45) is 0 Å². The highest BCUT2D eigenvalue weighted by Crippen LogP contribution is 2.17. The van der Waals surface area contributed by atoms with E-state index >= 15 is 0 Å². The van der Waals surface area contributed by atoms with Crippen LogP contribution < -0.4 is 0 Å². The van der Waals surface area contributed by atoms with Crippen LogP contribution in [0.2, 0.25) is 5.02 Å². The molecule has 0 aliphatic rings. The molecule has 2 nitrogen and oxygen atoms in total. The van der Waals surface area contributed by atoms with E-state index in [2.05, 4.69) is 9.97 Å². The van der Waals surface area contributed by atoms with Gasteiger partial charge in [0, 0.05) is 5.02 Å². The number of H-pyrrole nitrogens is 1. The van der Waals surface area contributed by atoms with Crippen molar-refractivity contribution in [1.82, 2.24) is 9.97 Å². The first kappa shape index (κ1) is 9.03. The molecule has 0 radical (unpaired) electrons. The van der Waals surface area contributed by atoms with E-state index < -0.39 is 0 Å². The molecule has 70 valence electrons. The average Bonchev–Trinajstić information content (AvgIpc) is 2.69. The molecule has 0 atom stereocenters. The number of nitrogens with one attached hydrogen (secondary N) is 1. The molecule has 3 heteroatoms. The van der Waals surface area contributed by atoms with Crippen LogP contribution in [0, 0.1) is 0 Å². The van der Waals surface area contributed by atoms with Crippen molar-refractivity contribution in [3.05, 3.63) is 53.1 Å². The van der Waals surface area contributed by atoms with Gasteiger partial charge in [0.25, 0.3) is 0 Å². The second-order valence-electron chi connectivity index (χ2n) is 2.86. The highest BCUT2D eigenvalue weighted by molar-refractivity contribution is 6.32. The maximum Gasteiger partial charge on any atom is 0.0924 e. The number of aromatic nitrogens is 2. The van der Waals surface area contributed by atoms with Crippen LogP contribution in [0.4, 0.5) is 0 Å². The number of rotatable bonds is 2. The van der Waals surface area contributed by atoms with Crippen LogP contribution in [-0.4, -0.2) is 9.97 Å². The van der Waals surface area contributed by atoms with E-state index in [0.29, 0.717) is 0 Å². The monoisotopic (exact) mass is 204 g/mol. The summed E-state index contributed by atoms with van der Waals surface area (Å²) in [7, 11) is 0. The Kier molecular flexibility index (Phi) is 2.65. The zero-order valence-corrected chi connectivity index (χ0v) is 8.20. The third-order valence-corrected chi connectivity index (χ3v) is 2.21. The maximum absolute atomic E-state index is 5.99. The molecule has 0 aliphatic heterocycles. The van der Waals surface area contributed by atoms with Crippen LogP contribution in [0.1, 0.15) is 11.3 Å². The van der Waals surface area contributed by atoms with E-state index in [-0.39, 0.29) is 0 Å². The number of halogens is 1. The Morgan fingerprint density at radius 1 is 1.21 bits per heavy atom. The second-order valence-corrected chi connectivity index (χ2v) is 3.27. The first-order valence-corrected chi connectivity index (χ1v) is 4.65. The van der Waals surface area contributed by atoms with Gasteiger partial charge in [-0.3, -0.25) is 0 Å². The number of hydrogen-bond acceptors (Lipinski definition) is 1. The van der Waals surface area contributed by atoms with Gasteiger partial charge in [-0.25, -0.2) is 4.98 Å². The van der Waals surface area contributed by atoms with E-state index in [4.69, 9.17) is 11.6 Å². The van der Waals surface area contributed by atoms with E-state index in [1.165, 1.54) is 0 Å². The molecule has 0 unspecified atom stereocenters. The van der Waals surface area contributed by atoms with Crippen LogP contribution in [0.5, 0.6) is 0 Å². The van der Waals surface area contributed by atoms with Crippen molar-refractivity contribution in [2.75, 3.05) is 0 Å². The largest absolute Gasteiger partial charge is 0.345 e. The highest BCUT2D eigenvalue weighted by atomic mass is 35.5. The average molecular weight is 205 g/mol. The molecule has 1 aromatic carbocycles. The summed E-state index contributed by atoms with van der Waals surface area (Å²) in [6.45, 7) is 0. The molecular formula is C11H9ClN2. The SMILES string of the molecule is Clc1ccccc1/C=C/c1cnc[nH]1. The van der Waals surface area contributed by atoms with Crippen molar-refractivity contribution < 1.29 is 0 Å². The highest BCUT2D eigenvalue weighted by Gasteiger charge is 1.93. The van der Waals surface area contributed by atoms with Crippen molar-refractivity contribution >= 4 is 23.8 Å². The summed E-state index contributed by atoms with van der Waals surface area (Å²) in [6, 6.07) is 7.71. The van der Waals surface area contributed by atoms with Crippen LogP contribution in [-0.2, 0) is 0 Å². The van der Waals surface area contributed by atoms with Crippen molar-refractivity contribution in [1.29, 1.82) is 0 Å². The minimum Gasteiger partial charge on any atom is -0.345 e. The molecule has 14 heavy (non-hydrogen) atoms. The topological polar surface area (TPSA) is 28.7 Å². The summed E-state index contributed by atoms with van der Waals surface area (Å²) in [5.74, 6) is 0. The Morgan fingerprint density at radius 2 is 2.07 bits per heavy atom. The molecule has 0 spiro atoms. The Hall–Kier alpha value is -1.54. The number of hydrogen-bond donors (Lipinski definition) is 1. The van der Waals surface area contributed by atoms with Crippen molar-refractivity contribution in [2.45, 2.75) is 0 Å². The van der Waals surface area contributed by atoms with Gasteiger partial charge >= 0.3 is 0 Å². The van der Waals surface area contributed by atoms with Gasteiger partial charge in [-0.2, -0.15) is 0 Å². The molecule has 0 saturated heterocycles. The fraction of sp³-hybridized carbons (Fsp3) is 0. The quantitative estimate of drug-likeness (QED) is 0.800. The number of aromatic amines is 1. The standard InChI is InChI=1S/C11H9ClN2/c12-11-4-2-1-3-9(11)5-6-10-7-13-8-14-10/h1-8H,(H,13,14)/b6-5+. The third kappa shape index (κ3) is 2.03. The Labute approximate surface area is 87.3 Å². The summed E-state index contributed by atoms with van der Waals surface area (Å²) < 4.78 is 0. The molecule has 1 heterocycles. The lowest BCUT2D eigenvalue weighted by atomic mass is 10.2. The lowest BCUT2D eigenvalue weighted by Gasteiger charge is -1.95. The lowest BCUT2D eigenvalue weighted by Crippen LogP contribution is -1.73. The predicted octanol–water partition coefficient (Wildman–Crippen LogP) is 3.23. The van der Waals surface area contributed by atoms with Gasteiger partial charge in [0.05, 0.1) is 18.2 Å². The summed E-state index contributed by atoms with van der Waals surface area (Å²) in [6.07, 6.45) is 7.30. The van der Waals surface area contributed by atoms with Crippen molar-refractivity contribution in [3.8, 4) is 0 Å². The molecule has 2 aromatic rings. The van der Waals surface area contributed by atoms with Gasteiger partial charge in [-0.15, -0.1) is 0 Å². The van der Waals surface area contributed by atoms with Gasteiger partial charge in [0.2, 0.25) is 0 Å². The van der Waals surface area contributed by atoms with Gasteiger partial charge in [0.15, 0.2) is 0 Å². The van der Waals surface area contributed by atoms with E-state index in [0.717, 1.165) is 16.3 Å². The Bertz CT molecular complexity index is 432. The first-order chi connectivity index (χ1) is 6.86. The van der Waals surface area contributed by atoms with Crippen LogP contribution in [0.3, 0.4) is 0 Å². The van der Waals surface area contributed by atoms with Gasteiger partial charge in [-0.05, 0) is 17.7 Å². The second kappa shape index (κ2) is 4.11. The number of nitrogens with zero attached hydrogens (tertiary/aromatic N) is 1. The molecule has 0 bridgehead atoms. The lowest BCUT2D eigenvalue weighted by molar-refractivity contribution is 1.31. The normalized spacial score (nSPS) is 10.9. The summed E-state index contributed by atoms with van der Waals surface area (Å²) >= 11 is 5.99. The molecule has 0 saturated carbocycles. The van der Waals surface area contributed by atoms with Crippen LogP contribution >= 0.6 is 11.6 Å². The van der Waals surface area contributed by atoms with Crippen LogP contribution in [0.15, 0.2) is 36.8 Å². The smallest absolute Gasteiger partial charge is 0.0924 e. The fourth-order valence-electron chi connectivity index (χ4n) is 1.15. The number of benzene rings is 1. The molecule has 0 amide bonds. The maximum atomic E-state index is 5.99. The molecule has 1 aromatic heterocycles. The molecular weight excluding hydrogens is 196 g/mol. The summed E-state index contributed by atoms with van der Waals surface area (Å²) in [5.41, 5.74) is 1.97. The summed E-state index contributed by atoms with van der Waals surface area (Å²) in [4.78, 5) is 6.90. The predicted molar refractivity (Wildman–Crippen MR) is 59.0 cm³/mol. The third-order valence-electron chi connectivity index (χ3n) is 1.87. The molecule has 2 rings (SSSR count). The first-order valence-electron chi connectivity index (χ1n) is 4.27. The van der Waals surface area contributed by atoms with E-state index in [1.54, 1.807) is 12.5 Å². The zero-order chi connectivity index (χ0) is 9.80. The molecule has 0 fully saturated rings.